The Balaban J connectivity index is 1.41. The van der Waals surface area contributed by atoms with Gasteiger partial charge in [0.25, 0.3) is 0 Å². The maximum Gasteiger partial charge on any atom is 0.316 e. The average Bonchev–Trinajstić information content (AvgIpc) is 2.57. The lowest BCUT2D eigenvalue weighted by Crippen LogP contribution is -2.46. The lowest BCUT2D eigenvalue weighted by Gasteiger charge is -2.32. The number of carbonyl (C=O) groups is 1. The van der Waals surface area contributed by atoms with Gasteiger partial charge in [-0.05, 0) is 58.2 Å². The molecule has 2 aliphatic rings. The first-order chi connectivity index (χ1) is 11.2. The lowest BCUT2D eigenvalue weighted by molar-refractivity contribution is -0.127. The highest BCUT2D eigenvalue weighted by molar-refractivity contribution is 5.79. The van der Waals surface area contributed by atoms with Crippen LogP contribution in [0.5, 0.6) is 6.01 Å². The summed E-state index contributed by atoms with van der Waals surface area (Å²) in [7, 11) is 2.09. The lowest BCUT2D eigenvalue weighted by atomic mass is 9.91. The van der Waals surface area contributed by atoms with E-state index >= 15 is 0 Å². The molecule has 0 unspecified atom stereocenters. The Hall–Kier alpha value is -1.69. The van der Waals surface area contributed by atoms with Crippen LogP contribution in [0.3, 0.4) is 0 Å². The van der Waals surface area contributed by atoms with Crippen LogP contribution in [-0.4, -0.2) is 53.1 Å². The van der Waals surface area contributed by atoms with Gasteiger partial charge in [0.05, 0.1) is 5.92 Å². The van der Waals surface area contributed by atoms with E-state index in [0.29, 0.717) is 6.01 Å². The first kappa shape index (κ1) is 16.2. The summed E-state index contributed by atoms with van der Waals surface area (Å²) in [6.45, 7) is 1.99. The molecular weight excluding hydrogens is 292 g/mol. The quantitative estimate of drug-likeness (QED) is 0.914. The number of likely N-dealkylation sites (tertiary alicyclic amines) is 1. The fourth-order valence-electron chi connectivity index (χ4n) is 3.52. The Morgan fingerprint density at radius 2 is 1.96 bits per heavy atom. The fraction of sp³-hybridized carbons (Fsp3) is 0.706. The minimum Gasteiger partial charge on any atom is -0.460 e. The Kier molecular flexibility index (Phi) is 5.43. The summed E-state index contributed by atoms with van der Waals surface area (Å²) in [5.74, 6) is 0.382. The Morgan fingerprint density at radius 3 is 2.65 bits per heavy atom. The third kappa shape index (κ3) is 4.64. The molecule has 1 saturated carbocycles. The van der Waals surface area contributed by atoms with Crippen LogP contribution >= 0.6 is 0 Å². The van der Waals surface area contributed by atoms with Gasteiger partial charge in [0.15, 0.2) is 0 Å². The van der Waals surface area contributed by atoms with Gasteiger partial charge in [-0.25, -0.2) is 9.97 Å². The molecule has 2 fully saturated rings. The van der Waals surface area contributed by atoms with Crippen molar-refractivity contribution in [3.63, 3.8) is 0 Å². The van der Waals surface area contributed by atoms with Crippen LogP contribution in [0.4, 0.5) is 0 Å². The third-order valence-electron chi connectivity index (χ3n) is 4.83. The van der Waals surface area contributed by atoms with Crippen molar-refractivity contribution in [2.45, 2.75) is 50.7 Å². The molecule has 6 nitrogen and oxygen atoms in total. The molecule has 1 amide bonds. The minimum atomic E-state index is 0.153. The van der Waals surface area contributed by atoms with Crippen LogP contribution in [0.1, 0.15) is 38.5 Å². The van der Waals surface area contributed by atoms with Crippen LogP contribution in [-0.2, 0) is 4.79 Å². The van der Waals surface area contributed by atoms with E-state index in [1.54, 1.807) is 18.5 Å². The Bertz CT molecular complexity index is 503. The van der Waals surface area contributed by atoms with E-state index in [-0.39, 0.29) is 24.0 Å². The molecule has 0 aromatic carbocycles. The molecule has 23 heavy (non-hydrogen) atoms. The zero-order chi connectivity index (χ0) is 16.1. The van der Waals surface area contributed by atoms with E-state index in [1.165, 1.54) is 0 Å². The number of aromatic nitrogens is 2. The number of carbonyl (C=O) groups excluding carboxylic acids is 1. The molecule has 6 heteroatoms. The number of amides is 1. The molecule has 1 aromatic heterocycles. The Labute approximate surface area is 137 Å². The van der Waals surface area contributed by atoms with Crippen molar-refractivity contribution >= 4 is 5.91 Å². The number of hydrogen-bond acceptors (Lipinski definition) is 5. The molecule has 1 atom stereocenters. The van der Waals surface area contributed by atoms with E-state index in [4.69, 9.17) is 4.74 Å². The van der Waals surface area contributed by atoms with Gasteiger partial charge in [-0.1, -0.05) is 0 Å². The minimum absolute atomic E-state index is 0.153. The van der Waals surface area contributed by atoms with Crippen LogP contribution in [0.25, 0.3) is 0 Å². The highest BCUT2D eigenvalue weighted by Crippen LogP contribution is 2.23. The van der Waals surface area contributed by atoms with Crippen molar-refractivity contribution in [1.82, 2.24) is 20.2 Å². The standard InChI is InChI=1S/C17H26N4O2/c1-21-11-2-4-13(12-21)16(22)20-14-5-7-15(8-6-14)23-17-18-9-3-10-19-17/h3,9-10,13-15H,2,4-8,11-12H2,1H3,(H,20,22)/t13-,14?,15?/m0/s1. The molecule has 1 aromatic rings. The molecule has 126 valence electrons. The second-order valence-electron chi connectivity index (χ2n) is 6.73. The molecule has 2 heterocycles. The van der Waals surface area contributed by atoms with Gasteiger partial charge in [-0.3, -0.25) is 4.79 Å². The van der Waals surface area contributed by atoms with Gasteiger partial charge >= 0.3 is 6.01 Å². The fourth-order valence-corrected chi connectivity index (χ4v) is 3.52. The molecule has 0 bridgehead atoms. The van der Waals surface area contributed by atoms with Crippen LogP contribution in [0.2, 0.25) is 0 Å². The third-order valence-corrected chi connectivity index (χ3v) is 4.83. The highest BCUT2D eigenvalue weighted by Gasteiger charge is 2.28. The summed E-state index contributed by atoms with van der Waals surface area (Å²) < 4.78 is 5.80. The van der Waals surface area contributed by atoms with Crippen LogP contribution in [0, 0.1) is 5.92 Å². The maximum absolute atomic E-state index is 12.4. The molecule has 1 N–H and O–H groups in total. The number of nitrogens with zero attached hydrogens (tertiary/aromatic N) is 3. The first-order valence-electron chi connectivity index (χ1n) is 8.63. The Morgan fingerprint density at radius 1 is 1.22 bits per heavy atom. The van der Waals surface area contributed by atoms with Crippen LogP contribution < -0.4 is 10.1 Å². The predicted octanol–water partition coefficient (Wildman–Crippen LogP) is 1.62. The zero-order valence-corrected chi connectivity index (χ0v) is 13.8. The van der Waals surface area contributed by atoms with Gasteiger partial charge < -0.3 is 15.0 Å². The molecule has 1 saturated heterocycles. The highest BCUT2D eigenvalue weighted by atomic mass is 16.5. The summed E-state index contributed by atoms with van der Waals surface area (Å²) in [5, 5.41) is 3.24. The maximum atomic E-state index is 12.4. The SMILES string of the molecule is CN1CCC[C@H](C(=O)NC2CCC(Oc3ncccn3)CC2)C1. The number of ether oxygens (including phenoxy) is 1. The van der Waals surface area contributed by atoms with E-state index in [9.17, 15) is 4.79 Å². The van der Waals surface area contributed by atoms with Gasteiger partial charge in [0.2, 0.25) is 5.91 Å². The first-order valence-corrected chi connectivity index (χ1v) is 8.63. The monoisotopic (exact) mass is 318 g/mol. The van der Waals surface area contributed by atoms with E-state index in [1.807, 2.05) is 0 Å². The van der Waals surface area contributed by atoms with Gasteiger partial charge in [-0.15, -0.1) is 0 Å². The summed E-state index contributed by atoms with van der Waals surface area (Å²) >= 11 is 0. The van der Waals surface area contributed by atoms with Crippen molar-refractivity contribution in [2.75, 3.05) is 20.1 Å². The number of rotatable bonds is 4. The predicted molar refractivity (Wildman–Crippen MR) is 87.1 cm³/mol. The normalized spacial score (nSPS) is 29.0. The largest absolute Gasteiger partial charge is 0.460 e. The van der Waals surface area contributed by atoms with E-state index in [0.717, 1.165) is 51.6 Å². The number of piperidine rings is 1. The van der Waals surface area contributed by atoms with E-state index < -0.39 is 0 Å². The summed E-state index contributed by atoms with van der Waals surface area (Å²) in [6.07, 6.45) is 9.47. The molecular formula is C17H26N4O2. The van der Waals surface area contributed by atoms with E-state index in [2.05, 4.69) is 27.2 Å². The molecule has 1 aliphatic carbocycles. The van der Waals surface area contributed by atoms with Crippen molar-refractivity contribution in [2.24, 2.45) is 5.92 Å². The molecule has 0 radical (unpaired) electrons. The van der Waals surface area contributed by atoms with Gasteiger partial charge in [-0.2, -0.15) is 0 Å². The van der Waals surface area contributed by atoms with Crippen molar-refractivity contribution in [3.05, 3.63) is 18.5 Å². The summed E-state index contributed by atoms with van der Waals surface area (Å²) in [5.41, 5.74) is 0. The number of hydrogen-bond donors (Lipinski definition) is 1. The van der Waals surface area contributed by atoms with Crippen molar-refractivity contribution in [1.29, 1.82) is 0 Å². The second kappa shape index (κ2) is 7.73. The van der Waals surface area contributed by atoms with Gasteiger partial charge in [0, 0.05) is 25.0 Å². The zero-order valence-electron chi connectivity index (χ0n) is 13.8. The molecule has 1 aliphatic heterocycles. The van der Waals surface area contributed by atoms with Crippen LogP contribution in [0.15, 0.2) is 18.5 Å². The summed E-state index contributed by atoms with van der Waals surface area (Å²) in [6, 6.07) is 2.51. The molecule has 3 rings (SSSR count). The van der Waals surface area contributed by atoms with Gasteiger partial charge in [0.1, 0.15) is 6.10 Å². The second-order valence-corrected chi connectivity index (χ2v) is 6.73. The summed E-state index contributed by atoms with van der Waals surface area (Å²) in [4.78, 5) is 22.8. The smallest absolute Gasteiger partial charge is 0.316 e. The van der Waals surface area contributed by atoms with Crippen molar-refractivity contribution < 1.29 is 9.53 Å². The number of nitrogens with one attached hydrogen (secondary N) is 1. The molecule has 0 spiro atoms. The van der Waals surface area contributed by atoms with Crippen molar-refractivity contribution in [3.8, 4) is 6.01 Å². The average molecular weight is 318 g/mol. The topological polar surface area (TPSA) is 67.4 Å².